The molecule has 1 aliphatic heterocycles. The predicted octanol–water partition coefficient (Wildman–Crippen LogP) is 4.83. The summed E-state index contributed by atoms with van der Waals surface area (Å²) in [4.78, 5) is 18.9. The number of nitrogens with one attached hydrogen (secondary N) is 1. The Balaban J connectivity index is 1.65. The summed E-state index contributed by atoms with van der Waals surface area (Å²) in [6.07, 6.45) is 5.52. The van der Waals surface area contributed by atoms with Gasteiger partial charge in [-0.2, -0.15) is 0 Å². The molecule has 2 aromatic heterocycles. The van der Waals surface area contributed by atoms with E-state index in [1.165, 1.54) is 0 Å². The Kier molecular flexibility index (Phi) is 4.57. The lowest BCUT2D eigenvalue weighted by Gasteiger charge is -2.37. The Hall–Kier alpha value is -2.50. The van der Waals surface area contributed by atoms with Gasteiger partial charge in [0.05, 0.1) is 16.1 Å². The quantitative estimate of drug-likeness (QED) is 0.685. The van der Waals surface area contributed by atoms with Gasteiger partial charge in [-0.05, 0) is 48.0 Å². The highest BCUT2D eigenvalue weighted by molar-refractivity contribution is 6.42. The van der Waals surface area contributed by atoms with Gasteiger partial charge < -0.3 is 14.8 Å². The standard InChI is InChI=1S/C19H16Cl2N4O/c20-15-4-3-14(12-16(15)21)23-19(26)25-11-10-24-9-1-2-17(24)18(25)13-5-7-22-8-6-13/h1-9,12,18H,10-11H2,(H,23,26)/t18-/m0/s1. The van der Waals surface area contributed by atoms with Gasteiger partial charge in [-0.3, -0.25) is 4.98 Å². The van der Waals surface area contributed by atoms with Gasteiger partial charge >= 0.3 is 6.03 Å². The Labute approximate surface area is 161 Å². The fourth-order valence-corrected chi connectivity index (χ4v) is 3.57. The third kappa shape index (κ3) is 3.16. The van der Waals surface area contributed by atoms with Crippen LogP contribution in [0.3, 0.4) is 0 Å². The summed E-state index contributed by atoms with van der Waals surface area (Å²) in [5.74, 6) is 0. The molecule has 1 aromatic carbocycles. The first-order valence-corrected chi connectivity index (χ1v) is 8.97. The number of amides is 2. The van der Waals surface area contributed by atoms with Gasteiger partial charge in [0.15, 0.2) is 0 Å². The minimum Gasteiger partial charge on any atom is -0.348 e. The number of hydrogen-bond donors (Lipinski definition) is 1. The van der Waals surface area contributed by atoms with Crippen molar-refractivity contribution in [2.24, 2.45) is 0 Å². The van der Waals surface area contributed by atoms with Crippen LogP contribution < -0.4 is 5.32 Å². The lowest BCUT2D eigenvalue weighted by Crippen LogP contribution is -2.44. The van der Waals surface area contributed by atoms with E-state index >= 15 is 0 Å². The summed E-state index contributed by atoms with van der Waals surface area (Å²) >= 11 is 12.0. The van der Waals surface area contributed by atoms with E-state index in [9.17, 15) is 4.79 Å². The van der Waals surface area contributed by atoms with Crippen molar-refractivity contribution in [1.29, 1.82) is 0 Å². The van der Waals surface area contributed by atoms with E-state index in [2.05, 4.69) is 14.9 Å². The number of rotatable bonds is 2. The fraction of sp³-hybridized carbons (Fsp3) is 0.158. The molecule has 3 aromatic rings. The summed E-state index contributed by atoms with van der Waals surface area (Å²) < 4.78 is 2.17. The summed E-state index contributed by atoms with van der Waals surface area (Å²) in [7, 11) is 0. The number of hydrogen-bond acceptors (Lipinski definition) is 2. The van der Waals surface area contributed by atoms with Gasteiger partial charge in [-0.1, -0.05) is 23.2 Å². The van der Waals surface area contributed by atoms with Crippen LogP contribution in [0.5, 0.6) is 0 Å². The Morgan fingerprint density at radius 1 is 1.08 bits per heavy atom. The number of urea groups is 1. The molecule has 1 N–H and O–H groups in total. The minimum absolute atomic E-state index is 0.176. The molecule has 7 heteroatoms. The van der Waals surface area contributed by atoms with Gasteiger partial charge in [0.2, 0.25) is 0 Å². The number of nitrogens with zero attached hydrogens (tertiary/aromatic N) is 3. The molecule has 1 atom stereocenters. The van der Waals surface area contributed by atoms with E-state index in [4.69, 9.17) is 23.2 Å². The second-order valence-electron chi connectivity index (χ2n) is 6.06. The SMILES string of the molecule is O=C(Nc1ccc(Cl)c(Cl)c1)N1CCn2cccc2[C@@H]1c1ccncc1. The predicted molar refractivity (Wildman–Crippen MR) is 103 cm³/mol. The van der Waals surface area contributed by atoms with E-state index in [-0.39, 0.29) is 12.1 Å². The average Bonchev–Trinajstić information content (AvgIpc) is 3.13. The van der Waals surface area contributed by atoms with Crippen molar-refractivity contribution in [2.45, 2.75) is 12.6 Å². The number of pyridine rings is 1. The zero-order valence-corrected chi connectivity index (χ0v) is 15.3. The van der Waals surface area contributed by atoms with E-state index < -0.39 is 0 Å². The van der Waals surface area contributed by atoms with Crippen molar-refractivity contribution in [3.63, 3.8) is 0 Å². The summed E-state index contributed by atoms with van der Waals surface area (Å²) in [5.41, 5.74) is 2.70. The zero-order chi connectivity index (χ0) is 18.1. The lowest BCUT2D eigenvalue weighted by molar-refractivity contribution is 0.182. The van der Waals surface area contributed by atoms with E-state index in [1.807, 2.05) is 35.4 Å². The van der Waals surface area contributed by atoms with Crippen LogP contribution in [0.4, 0.5) is 10.5 Å². The highest BCUT2D eigenvalue weighted by Gasteiger charge is 2.32. The lowest BCUT2D eigenvalue weighted by atomic mass is 10.0. The second kappa shape index (κ2) is 7.02. The topological polar surface area (TPSA) is 50.2 Å². The maximum absolute atomic E-state index is 13.0. The number of aromatic nitrogens is 2. The molecule has 5 nitrogen and oxygen atoms in total. The van der Waals surface area contributed by atoms with Crippen LogP contribution in [0.2, 0.25) is 10.0 Å². The molecule has 0 radical (unpaired) electrons. The highest BCUT2D eigenvalue weighted by atomic mass is 35.5. The largest absolute Gasteiger partial charge is 0.348 e. The molecule has 0 saturated carbocycles. The molecule has 0 bridgehead atoms. The Bertz CT molecular complexity index is 942. The molecule has 0 aliphatic carbocycles. The van der Waals surface area contributed by atoms with E-state index in [0.29, 0.717) is 22.3 Å². The second-order valence-corrected chi connectivity index (χ2v) is 6.88. The maximum atomic E-state index is 13.0. The van der Waals surface area contributed by atoms with Gasteiger partial charge in [-0.15, -0.1) is 0 Å². The molecule has 132 valence electrons. The summed E-state index contributed by atoms with van der Waals surface area (Å²) in [6.45, 7) is 1.35. The van der Waals surface area contributed by atoms with Crippen molar-refractivity contribution in [1.82, 2.24) is 14.5 Å². The van der Waals surface area contributed by atoms with Crippen LogP contribution in [0.1, 0.15) is 17.3 Å². The van der Waals surface area contributed by atoms with Crippen molar-refractivity contribution in [3.05, 3.63) is 82.4 Å². The van der Waals surface area contributed by atoms with Crippen LogP contribution in [0.25, 0.3) is 0 Å². The van der Waals surface area contributed by atoms with Crippen molar-refractivity contribution >= 4 is 34.9 Å². The summed E-state index contributed by atoms with van der Waals surface area (Å²) in [5, 5.41) is 3.78. The molecule has 0 saturated heterocycles. The third-order valence-electron chi connectivity index (χ3n) is 4.49. The highest BCUT2D eigenvalue weighted by Crippen LogP contribution is 2.33. The first-order chi connectivity index (χ1) is 12.6. The number of carbonyl (C=O) groups excluding carboxylic acids is 1. The van der Waals surface area contributed by atoms with Gasteiger partial charge in [-0.25, -0.2) is 4.79 Å². The van der Waals surface area contributed by atoms with Gasteiger partial charge in [0, 0.05) is 43.1 Å². The van der Waals surface area contributed by atoms with Gasteiger partial charge in [0.25, 0.3) is 0 Å². The number of carbonyl (C=O) groups is 1. The van der Waals surface area contributed by atoms with Crippen LogP contribution >= 0.6 is 23.2 Å². The van der Waals surface area contributed by atoms with Crippen molar-refractivity contribution in [2.75, 3.05) is 11.9 Å². The third-order valence-corrected chi connectivity index (χ3v) is 5.23. The Morgan fingerprint density at radius 3 is 2.65 bits per heavy atom. The Morgan fingerprint density at radius 2 is 1.88 bits per heavy atom. The minimum atomic E-state index is -0.183. The molecule has 0 fully saturated rings. The van der Waals surface area contributed by atoms with Crippen molar-refractivity contribution < 1.29 is 4.79 Å². The van der Waals surface area contributed by atoms with E-state index in [0.717, 1.165) is 17.8 Å². The molecule has 3 heterocycles. The average molecular weight is 387 g/mol. The number of fused-ring (bicyclic) bond motifs is 1. The van der Waals surface area contributed by atoms with Gasteiger partial charge in [0.1, 0.15) is 0 Å². The smallest absolute Gasteiger partial charge is 0.322 e. The van der Waals surface area contributed by atoms with Crippen LogP contribution in [0.15, 0.2) is 61.1 Å². The number of anilines is 1. The maximum Gasteiger partial charge on any atom is 0.322 e. The molecular formula is C19H16Cl2N4O. The molecular weight excluding hydrogens is 371 g/mol. The molecule has 26 heavy (non-hydrogen) atoms. The van der Waals surface area contributed by atoms with E-state index in [1.54, 1.807) is 30.6 Å². The normalized spacial score (nSPS) is 16.2. The first kappa shape index (κ1) is 16.9. The first-order valence-electron chi connectivity index (χ1n) is 8.21. The van der Waals surface area contributed by atoms with Crippen LogP contribution in [-0.4, -0.2) is 27.0 Å². The molecule has 0 unspecified atom stereocenters. The van der Waals surface area contributed by atoms with Crippen LogP contribution in [-0.2, 0) is 6.54 Å². The molecule has 1 aliphatic rings. The molecule has 4 rings (SSSR count). The van der Waals surface area contributed by atoms with Crippen molar-refractivity contribution in [3.8, 4) is 0 Å². The monoisotopic (exact) mass is 386 g/mol. The number of halogens is 2. The number of benzene rings is 1. The fourth-order valence-electron chi connectivity index (χ4n) is 3.27. The zero-order valence-electron chi connectivity index (χ0n) is 13.8. The molecule has 2 amide bonds. The molecule has 0 spiro atoms. The summed E-state index contributed by atoms with van der Waals surface area (Å²) in [6, 6.07) is 12.6. The van der Waals surface area contributed by atoms with Crippen LogP contribution in [0, 0.1) is 0 Å².